The molecule has 1 saturated heterocycles. The van der Waals surface area contributed by atoms with E-state index in [0.717, 1.165) is 16.7 Å². The number of fused-ring (bicyclic) bond motifs is 1. The highest BCUT2D eigenvalue weighted by Crippen LogP contribution is 2.54. The van der Waals surface area contributed by atoms with Crippen LogP contribution in [0.25, 0.3) is 11.3 Å². The molecule has 1 fully saturated rings. The van der Waals surface area contributed by atoms with Crippen molar-refractivity contribution in [2.75, 3.05) is 7.11 Å². The van der Waals surface area contributed by atoms with Crippen molar-refractivity contribution >= 4 is 17.7 Å². The molecule has 2 N–H and O–H groups in total. The number of carboxylic acid groups (broad SMARTS) is 1. The minimum Gasteiger partial charge on any atom is -0.496 e. The van der Waals surface area contributed by atoms with E-state index in [1.807, 2.05) is 19.1 Å². The maximum Gasteiger partial charge on any atom is 0.354 e. The van der Waals surface area contributed by atoms with Gasteiger partial charge in [0.1, 0.15) is 17.6 Å². The third-order valence-corrected chi connectivity index (χ3v) is 8.96. The van der Waals surface area contributed by atoms with Gasteiger partial charge in [-0.05, 0) is 54.0 Å². The second-order valence-electron chi connectivity index (χ2n) is 13.6. The molecule has 0 spiro atoms. The van der Waals surface area contributed by atoms with Crippen LogP contribution in [0.15, 0.2) is 35.6 Å². The van der Waals surface area contributed by atoms with Gasteiger partial charge in [-0.2, -0.15) is 0 Å². The standard InChI is InChI=1S/C33H40N2O6/c1-16-9-11-19(34-29(16)31(38)39)18-10-12-21(40-8)25(17(18)2)28-26-20(36)14-33(6,7)15-23(26)41-22-13-24(32(3,4)5)35-30(37)27(22)28/h9-12,22,24,27-28H,13-15H2,1-8H3,(H,35,37)(H,38,39)/t22-,24-,27-,28-/m0/s1. The molecule has 2 aliphatic heterocycles. The molecule has 1 aromatic heterocycles. The fraction of sp³-hybridized carbons (Fsp3) is 0.515. The predicted molar refractivity (Wildman–Crippen MR) is 155 cm³/mol. The van der Waals surface area contributed by atoms with Crippen molar-refractivity contribution in [1.82, 2.24) is 10.3 Å². The van der Waals surface area contributed by atoms with Gasteiger partial charge in [0.25, 0.3) is 0 Å². The number of amides is 1. The van der Waals surface area contributed by atoms with E-state index >= 15 is 0 Å². The Morgan fingerprint density at radius 3 is 2.46 bits per heavy atom. The molecule has 1 aromatic carbocycles. The lowest BCUT2D eigenvalue weighted by Gasteiger charge is -2.49. The van der Waals surface area contributed by atoms with Crippen molar-refractivity contribution in [2.24, 2.45) is 16.7 Å². The smallest absolute Gasteiger partial charge is 0.354 e. The zero-order valence-electron chi connectivity index (χ0n) is 25.2. The predicted octanol–water partition coefficient (Wildman–Crippen LogP) is 5.75. The number of carboxylic acids is 1. The lowest BCUT2D eigenvalue weighted by Crippen LogP contribution is -2.59. The summed E-state index contributed by atoms with van der Waals surface area (Å²) in [5.41, 5.74) is 3.44. The zero-order chi connectivity index (χ0) is 30.0. The number of piperidine rings is 1. The summed E-state index contributed by atoms with van der Waals surface area (Å²) in [4.78, 5) is 44.2. The van der Waals surface area contributed by atoms with E-state index in [9.17, 15) is 19.5 Å². The van der Waals surface area contributed by atoms with E-state index in [1.165, 1.54) is 0 Å². The van der Waals surface area contributed by atoms with Crippen LogP contribution in [-0.2, 0) is 14.3 Å². The highest BCUT2D eigenvalue weighted by Gasteiger charge is 2.54. The first-order valence-corrected chi connectivity index (χ1v) is 14.2. The number of benzene rings is 1. The number of allylic oxidation sites excluding steroid dienone is 2. The van der Waals surface area contributed by atoms with Gasteiger partial charge in [0, 0.05) is 47.9 Å². The third kappa shape index (κ3) is 5.02. The number of nitrogens with one attached hydrogen (secondary N) is 1. The van der Waals surface area contributed by atoms with Gasteiger partial charge in [-0.15, -0.1) is 0 Å². The van der Waals surface area contributed by atoms with Crippen LogP contribution in [0, 0.1) is 30.6 Å². The summed E-state index contributed by atoms with van der Waals surface area (Å²) in [6.45, 7) is 14.1. The van der Waals surface area contributed by atoms with E-state index in [4.69, 9.17) is 9.47 Å². The van der Waals surface area contributed by atoms with Crippen LogP contribution in [0.2, 0.25) is 0 Å². The van der Waals surface area contributed by atoms with Crippen molar-refractivity contribution in [1.29, 1.82) is 0 Å². The van der Waals surface area contributed by atoms with Crippen LogP contribution in [0.3, 0.4) is 0 Å². The number of hydrogen-bond donors (Lipinski definition) is 2. The minimum absolute atomic E-state index is 0.0139. The molecule has 41 heavy (non-hydrogen) atoms. The van der Waals surface area contributed by atoms with Crippen molar-refractivity contribution in [2.45, 2.75) is 85.8 Å². The van der Waals surface area contributed by atoms with Crippen molar-refractivity contribution in [3.8, 4) is 17.0 Å². The number of carbonyl (C=O) groups excluding carboxylic acids is 2. The highest BCUT2D eigenvalue weighted by atomic mass is 16.5. The van der Waals surface area contributed by atoms with Gasteiger partial charge < -0.3 is 19.9 Å². The quantitative estimate of drug-likeness (QED) is 0.489. The highest BCUT2D eigenvalue weighted by molar-refractivity contribution is 6.01. The monoisotopic (exact) mass is 560 g/mol. The number of ketones is 1. The first-order valence-electron chi connectivity index (χ1n) is 14.2. The number of methoxy groups -OCH3 is 1. The molecule has 218 valence electrons. The summed E-state index contributed by atoms with van der Waals surface area (Å²) < 4.78 is 12.5. The van der Waals surface area contributed by atoms with Crippen molar-refractivity contribution in [3.05, 3.63) is 58.0 Å². The van der Waals surface area contributed by atoms with Crippen LogP contribution < -0.4 is 10.1 Å². The molecule has 2 aromatic rings. The Morgan fingerprint density at radius 2 is 1.83 bits per heavy atom. The van der Waals surface area contributed by atoms with E-state index in [1.54, 1.807) is 26.2 Å². The molecule has 3 aliphatic rings. The number of carbonyl (C=O) groups is 3. The molecule has 8 nitrogen and oxygen atoms in total. The number of ether oxygens (including phenoxy) is 2. The second kappa shape index (κ2) is 10.00. The number of nitrogens with zero attached hydrogens (tertiary/aromatic N) is 1. The van der Waals surface area contributed by atoms with Gasteiger partial charge >= 0.3 is 5.97 Å². The summed E-state index contributed by atoms with van der Waals surface area (Å²) in [5.74, 6) is -1.21. The van der Waals surface area contributed by atoms with E-state index < -0.39 is 23.9 Å². The Kier molecular flexibility index (Phi) is 7.03. The zero-order valence-corrected chi connectivity index (χ0v) is 25.2. The normalized spacial score (nSPS) is 25.6. The molecule has 4 atom stereocenters. The van der Waals surface area contributed by atoms with E-state index in [-0.39, 0.29) is 34.3 Å². The number of hydrogen-bond acceptors (Lipinski definition) is 6. The molecular weight excluding hydrogens is 520 g/mol. The van der Waals surface area contributed by atoms with Gasteiger partial charge in [0.15, 0.2) is 11.5 Å². The van der Waals surface area contributed by atoms with E-state index in [0.29, 0.717) is 47.6 Å². The minimum atomic E-state index is -1.10. The first kappa shape index (κ1) is 28.8. The van der Waals surface area contributed by atoms with Gasteiger partial charge in [-0.1, -0.05) is 40.7 Å². The molecule has 8 heteroatoms. The third-order valence-electron chi connectivity index (χ3n) is 8.96. The van der Waals surface area contributed by atoms with Gasteiger partial charge in [0.05, 0.1) is 18.7 Å². The maximum atomic E-state index is 14.0. The molecule has 0 unspecified atom stereocenters. The largest absolute Gasteiger partial charge is 0.496 e. The summed E-state index contributed by atoms with van der Waals surface area (Å²) in [6.07, 6.45) is 1.20. The molecular formula is C33H40N2O6. The Labute approximate surface area is 241 Å². The number of Topliss-reactive ketones (excluding diaryl/α,β-unsaturated/α-hetero) is 1. The lowest BCUT2D eigenvalue weighted by atomic mass is 9.63. The Hall–Kier alpha value is -3.68. The van der Waals surface area contributed by atoms with Crippen molar-refractivity contribution in [3.63, 3.8) is 0 Å². The van der Waals surface area contributed by atoms with Crippen LogP contribution >= 0.6 is 0 Å². The van der Waals surface area contributed by atoms with Gasteiger partial charge in [-0.25, -0.2) is 9.78 Å². The number of aromatic carboxylic acids is 1. The van der Waals surface area contributed by atoms with Crippen LogP contribution in [0.1, 0.15) is 87.0 Å². The van der Waals surface area contributed by atoms with Gasteiger partial charge in [-0.3, -0.25) is 9.59 Å². The summed E-state index contributed by atoms with van der Waals surface area (Å²) >= 11 is 0. The summed E-state index contributed by atoms with van der Waals surface area (Å²) in [6, 6.07) is 7.14. The Morgan fingerprint density at radius 1 is 1.12 bits per heavy atom. The van der Waals surface area contributed by atoms with Gasteiger partial charge in [0.2, 0.25) is 5.91 Å². The molecule has 0 bridgehead atoms. The topological polar surface area (TPSA) is 115 Å². The average molecular weight is 561 g/mol. The first-order chi connectivity index (χ1) is 19.1. The molecule has 1 aliphatic carbocycles. The maximum absolute atomic E-state index is 14.0. The summed E-state index contributed by atoms with van der Waals surface area (Å²) in [5, 5.41) is 12.9. The molecule has 0 saturated carbocycles. The molecule has 1 amide bonds. The lowest BCUT2D eigenvalue weighted by molar-refractivity contribution is -0.140. The summed E-state index contributed by atoms with van der Waals surface area (Å²) in [7, 11) is 1.58. The fourth-order valence-corrected chi connectivity index (χ4v) is 6.79. The van der Waals surface area contributed by atoms with E-state index in [2.05, 4.69) is 44.9 Å². The Balaban J connectivity index is 1.74. The second-order valence-corrected chi connectivity index (χ2v) is 13.6. The molecule has 5 rings (SSSR count). The fourth-order valence-electron chi connectivity index (χ4n) is 6.79. The number of aromatic nitrogens is 1. The van der Waals surface area contributed by atoms with Crippen LogP contribution in [0.5, 0.6) is 5.75 Å². The SMILES string of the molecule is COc1ccc(-c2ccc(C)c(C(=O)O)n2)c(C)c1[C@H]1C2=C(CC(C)(C)CC2=O)O[C@H]2C[C@@H](C(C)(C)C)NC(=O)[C@@H]21. The Bertz CT molecular complexity index is 1480. The van der Waals surface area contributed by atoms with Crippen LogP contribution in [0.4, 0.5) is 0 Å². The number of pyridine rings is 1. The van der Waals surface area contributed by atoms with Crippen molar-refractivity contribution < 1.29 is 29.0 Å². The number of aryl methyl sites for hydroxylation is 1. The molecule has 3 heterocycles. The average Bonchev–Trinajstić information content (AvgIpc) is 2.86. The van der Waals surface area contributed by atoms with Crippen LogP contribution in [-0.4, -0.2) is 47.0 Å². The molecule has 0 radical (unpaired) electrons. The number of rotatable bonds is 4.